The first kappa shape index (κ1) is 28.5. The maximum absolute atomic E-state index is 6.51. The van der Waals surface area contributed by atoms with E-state index in [1.807, 2.05) is 6.07 Å². The Morgan fingerprint density at radius 2 is 1.00 bits per heavy atom. The Morgan fingerprint density at radius 1 is 0.396 bits per heavy atom. The third kappa shape index (κ3) is 4.02. The maximum Gasteiger partial charge on any atom is 0.235 e. The molecule has 0 aliphatic rings. The van der Waals surface area contributed by atoms with Gasteiger partial charge in [-0.25, -0.2) is 9.97 Å². The Balaban J connectivity index is 1.14. The van der Waals surface area contributed by atoms with Crippen molar-refractivity contribution in [1.82, 2.24) is 19.1 Å². The second-order valence-electron chi connectivity index (χ2n) is 13.8. The van der Waals surface area contributed by atoms with Gasteiger partial charge < -0.3 is 8.98 Å². The van der Waals surface area contributed by atoms with E-state index in [1.165, 1.54) is 43.4 Å². The molecule has 5 nitrogen and oxygen atoms in total. The van der Waals surface area contributed by atoms with Crippen molar-refractivity contribution in [2.45, 2.75) is 0 Å². The van der Waals surface area contributed by atoms with E-state index in [-0.39, 0.29) is 0 Å². The molecule has 0 bridgehead atoms. The molecule has 0 fully saturated rings. The molecule has 12 rings (SSSR count). The van der Waals surface area contributed by atoms with Crippen LogP contribution < -0.4 is 0 Å². The zero-order chi connectivity index (χ0) is 34.6. The van der Waals surface area contributed by atoms with Crippen LogP contribution in [0.1, 0.15) is 0 Å². The first-order chi connectivity index (χ1) is 26.3. The minimum Gasteiger partial charge on any atom is -0.456 e. The number of nitrogens with zero attached hydrogens (tertiary/aromatic N) is 4. The average molecular weight is 677 g/mol. The van der Waals surface area contributed by atoms with Crippen LogP contribution in [0.2, 0.25) is 0 Å². The Hall–Kier alpha value is -7.24. The molecule has 53 heavy (non-hydrogen) atoms. The van der Waals surface area contributed by atoms with Gasteiger partial charge in [0.05, 0.1) is 33.3 Å². The van der Waals surface area contributed by atoms with Crippen LogP contribution in [0.15, 0.2) is 174 Å². The summed E-state index contributed by atoms with van der Waals surface area (Å²) < 4.78 is 11.1. The topological polar surface area (TPSA) is 48.8 Å². The third-order valence-electron chi connectivity index (χ3n) is 10.9. The molecule has 0 aliphatic carbocycles. The molecular formula is C48H28N4O. The SMILES string of the molecule is c1ccc(-n2c3ccccc3c3c4c5ccccc5n(-c5nc(-c6ccc7c(c6)oc6cc8ccccc8cc67)c6ccccc6n5)c4ccc32)cc1. The minimum absolute atomic E-state index is 0.631. The van der Waals surface area contributed by atoms with Crippen molar-refractivity contribution in [2.24, 2.45) is 0 Å². The Morgan fingerprint density at radius 3 is 1.77 bits per heavy atom. The lowest BCUT2D eigenvalue weighted by atomic mass is 10.0. The lowest BCUT2D eigenvalue weighted by molar-refractivity contribution is 0.669. The fraction of sp³-hybridized carbons (Fsp3) is 0. The van der Waals surface area contributed by atoms with Gasteiger partial charge in [-0.3, -0.25) is 4.57 Å². The molecule has 0 amide bonds. The summed E-state index contributed by atoms with van der Waals surface area (Å²) in [5, 5.41) is 10.4. The fourth-order valence-electron chi connectivity index (χ4n) is 8.58. The minimum atomic E-state index is 0.631. The average Bonchev–Trinajstić information content (AvgIpc) is 3.86. The van der Waals surface area contributed by atoms with E-state index in [9.17, 15) is 0 Å². The van der Waals surface area contributed by atoms with Crippen molar-refractivity contribution >= 4 is 87.2 Å². The Bertz CT molecular complexity index is 3460. The van der Waals surface area contributed by atoms with Gasteiger partial charge in [-0.15, -0.1) is 0 Å². The Kier molecular flexibility index (Phi) is 5.71. The molecule has 0 N–H and O–H groups in total. The van der Waals surface area contributed by atoms with E-state index in [1.54, 1.807) is 0 Å². The molecule has 246 valence electrons. The lowest BCUT2D eigenvalue weighted by Gasteiger charge is -2.12. The van der Waals surface area contributed by atoms with Crippen LogP contribution in [-0.4, -0.2) is 19.1 Å². The number of benzene rings is 8. The van der Waals surface area contributed by atoms with Gasteiger partial charge in [-0.2, -0.15) is 0 Å². The smallest absolute Gasteiger partial charge is 0.235 e. The second-order valence-corrected chi connectivity index (χ2v) is 13.8. The van der Waals surface area contributed by atoms with E-state index in [0.717, 1.165) is 60.8 Å². The van der Waals surface area contributed by atoms with Crippen LogP contribution in [0.5, 0.6) is 0 Å². The van der Waals surface area contributed by atoms with Gasteiger partial charge in [0, 0.05) is 49.0 Å². The van der Waals surface area contributed by atoms with E-state index in [2.05, 4.69) is 173 Å². The van der Waals surface area contributed by atoms with Gasteiger partial charge in [-0.1, -0.05) is 103 Å². The molecule has 0 spiro atoms. The summed E-state index contributed by atoms with van der Waals surface area (Å²) in [6, 6.07) is 60.0. The highest BCUT2D eigenvalue weighted by Crippen LogP contribution is 2.43. The van der Waals surface area contributed by atoms with E-state index in [4.69, 9.17) is 14.4 Å². The molecule has 4 heterocycles. The fourth-order valence-corrected chi connectivity index (χ4v) is 8.58. The number of aromatic nitrogens is 4. The summed E-state index contributed by atoms with van der Waals surface area (Å²) in [4.78, 5) is 10.7. The number of hydrogen-bond acceptors (Lipinski definition) is 3. The number of rotatable bonds is 3. The first-order valence-electron chi connectivity index (χ1n) is 17.9. The third-order valence-corrected chi connectivity index (χ3v) is 10.9. The zero-order valence-corrected chi connectivity index (χ0v) is 28.4. The quantitative estimate of drug-likeness (QED) is 0.187. The van der Waals surface area contributed by atoms with E-state index >= 15 is 0 Å². The molecular weight excluding hydrogens is 649 g/mol. The van der Waals surface area contributed by atoms with E-state index < -0.39 is 0 Å². The molecule has 0 radical (unpaired) electrons. The second kappa shape index (κ2) is 10.6. The number of hydrogen-bond donors (Lipinski definition) is 0. The van der Waals surface area contributed by atoms with Crippen LogP contribution in [0, 0.1) is 0 Å². The molecule has 0 saturated heterocycles. The summed E-state index contributed by atoms with van der Waals surface area (Å²) in [6.45, 7) is 0. The molecule has 4 aromatic heterocycles. The van der Waals surface area contributed by atoms with Crippen molar-refractivity contribution in [3.63, 3.8) is 0 Å². The van der Waals surface area contributed by atoms with Gasteiger partial charge in [-0.05, 0) is 77.5 Å². The van der Waals surface area contributed by atoms with E-state index in [0.29, 0.717) is 5.95 Å². The number of furan rings is 1. The summed E-state index contributed by atoms with van der Waals surface area (Å²) in [5.41, 5.74) is 10.1. The van der Waals surface area contributed by atoms with Crippen LogP contribution in [0.25, 0.3) is 110 Å². The van der Waals surface area contributed by atoms with Gasteiger partial charge in [0.25, 0.3) is 0 Å². The first-order valence-corrected chi connectivity index (χ1v) is 17.9. The van der Waals surface area contributed by atoms with Crippen molar-refractivity contribution in [1.29, 1.82) is 0 Å². The summed E-state index contributed by atoms with van der Waals surface area (Å²) in [7, 11) is 0. The zero-order valence-electron chi connectivity index (χ0n) is 28.4. The molecule has 0 atom stereocenters. The summed E-state index contributed by atoms with van der Waals surface area (Å²) in [5.74, 6) is 0.631. The molecule has 8 aromatic carbocycles. The Labute approximate surface area is 302 Å². The summed E-state index contributed by atoms with van der Waals surface area (Å²) >= 11 is 0. The van der Waals surface area contributed by atoms with Crippen LogP contribution in [0.4, 0.5) is 0 Å². The van der Waals surface area contributed by atoms with Crippen molar-refractivity contribution in [3.8, 4) is 22.9 Å². The standard InChI is InChI=1S/C48H28N4O/c1-2-14-32(15-3-1)51-39-20-10-7-17-35(39)45-41(51)24-25-42-46(45)36-18-8-11-21-40(36)52(42)48-49-38-19-9-6-16-34(38)47(50-48)31-22-23-33-37-26-29-12-4-5-13-30(29)27-44(37)53-43(33)28-31/h1-28H. The van der Waals surface area contributed by atoms with Gasteiger partial charge in [0.1, 0.15) is 11.2 Å². The molecule has 12 aromatic rings. The van der Waals surface area contributed by atoms with Gasteiger partial charge in [0.2, 0.25) is 5.95 Å². The largest absolute Gasteiger partial charge is 0.456 e. The predicted molar refractivity (Wildman–Crippen MR) is 218 cm³/mol. The monoisotopic (exact) mass is 676 g/mol. The van der Waals surface area contributed by atoms with Gasteiger partial charge in [0.15, 0.2) is 0 Å². The lowest BCUT2D eigenvalue weighted by Crippen LogP contribution is -2.03. The van der Waals surface area contributed by atoms with Crippen LogP contribution in [0.3, 0.4) is 0 Å². The summed E-state index contributed by atoms with van der Waals surface area (Å²) in [6.07, 6.45) is 0. The van der Waals surface area contributed by atoms with Gasteiger partial charge >= 0.3 is 0 Å². The highest BCUT2D eigenvalue weighted by molar-refractivity contribution is 6.29. The van der Waals surface area contributed by atoms with Crippen molar-refractivity contribution in [3.05, 3.63) is 170 Å². The highest BCUT2D eigenvalue weighted by Gasteiger charge is 2.22. The van der Waals surface area contributed by atoms with Crippen molar-refractivity contribution < 1.29 is 4.42 Å². The molecule has 5 heteroatoms. The van der Waals surface area contributed by atoms with Crippen LogP contribution in [-0.2, 0) is 0 Å². The van der Waals surface area contributed by atoms with Crippen LogP contribution >= 0.6 is 0 Å². The normalized spacial score (nSPS) is 12.2. The predicted octanol–water partition coefficient (Wildman–Crippen LogP) is 12.5. The highest BCUT2D eigenvalue weighted by atomic mass is 16.3. The molecule has 0 unspecified atom stereocenters. The number of fused-ring (bicyclic) bond motifs is 12. The molecule has 0 saturated carbocycles. The maximum atomic E-state index is 6.51. The molecule has 0 aliphatic heterocycles. The van der Waals surface area contributed by atoms with Crippen molar-refractivity contribution in [2.75, 3.05) is 0 Å². The number of para-hydroxylation sites is 4.